The fraction of sp³-hybridized carbons (Fsp3) is 0.500. The highest BCUT2D eigenvalue weighted by Gasteiger charge is 2.50. The second kappa shape index (κ2) is 8.56. The van der Waals surface area contributed by atoms with Crippen LogP contribution in [0.2, 0.25) is 0 Å². The molecule has 13 heteroatoms. The third-order valence-electron chi connectivity index (χ3n) is 6.98. The second-order valence-electron chi connectivity index (χ2n) is 9.53. The third kappa shape index (κ3) is 3.93. The van der Waals surface area contributed by atoms with Crippen LogP contribution >= 0.6 is 27.3 Å². The number of hydrogen-bond donors (Lipinski definition) is 2. The van der Waals surface area contributed by atoms with E-state index < -0.39 is 6.43 Å². The molecule has 3 aliphatic rings. The van der Waals surface area contributed by atoms with Gasteiger partial charge in [0.25, 0.3) is 12.3 Å². The third-order valence-corrected chi connectivity index (χ3v) is 8.67. The lowest BCUT2D eigenvalue weighted by atomic mass is 9.78. The highest BCUT2D eigenvalue weighted by Crippen LogP contribution is 2.44. The predicted octanol–water partition coefficient (Wildman–Crippen LogP) is 3.31. The van der Waals surface area contributed by atoms with Crippen LogP contribution in [0.1, 0.15) is 33.8 Å². The van der Waals surface area contributed by atoms with Gasteiger partial charge in [0.15, 0.2) is 5.82 Å². The summed E-state index contributed by atoms with van der Waals surface area (Å²) in [7, 11) is 0. The summed E-state index contributed by atoms with van der Waals surface area (Å²) in [6, 6.07) is 3.28. The van der Waals surface area contributed by atoms with E-state index in [4.69, 9.17) is 10.5 Å². The Hall–Kier alpha value is -2.51. The molecular weight excluding hydrogens is 544 g/mol. The van der Waals surface area contributed by atoms with Gasteiger partial charge in [-0.25, -0.2) is 18.3 Å². The summed E-state index contributed by atoms with van der Waals surface area (Å²) in [5.74, 6) is 0.0686. The van der Waals surface area contributed by atoms with Crippen molar-refractivity contribution in [2.75, 3.05) is 54.9 Å². The van der Waals surface area contributed by atoms with E-state index in [2.05, 4.69) is 36.2 Å². The molecule has 3 N–H and O–H groups in total. The number of nitrogens with zero attached hydrogens (tertiary/aromatic N) is 5. The van der Waals surface area contributed by atoms with Crippen molar-refractivity contribution in [1.29, 1.82) is 0 Å². The van der Waals surface area contributed by atoms with Gasteiger partial charge in [0.1, 0.15) is 21.3 Å². The van der Waals surface area contributed by atoms with E-state index >= 15 is 0 Å². The molecule has 1 amide bonds. The van der Waals surface area contributed by atoms with Gasteiger partial charge < -0.3 is 25.6 Å². The fourth-order valence-electron chi connectivity index (χ4n) is 5.23. The van der Waals surface area contributed by atoms with Crippen molar-refractivity contribution in [1.82, 2.24) is 19.9 Å². The number of piperidine rings is 1. The highest BCUT2D eigenvalue weighted by atomic mass is 79.9. The van der Waals surface area contributed by atoms with Crippen LogP contribution in [0.5, 0.6) is 0 Å². The molecule has 0 radical (unpaired) electrons. The first-order chi connectivity index (χ1) is 16.8. The Labute approximate surface area is 212 Å². The van der Waals surface area contributed by atoms with E-state index in [0.29, 0.717) is 41.7 Å². The summed E-state index contributed by atoms with van der Waals surface area (Å²) in [6.45, 7) is 4.20. The zero-order valence-corrected chi connectivity index (χ0v) is 21.1. The van der Waals surface area contributed by atoms with Crippen LogP contribution in [0, 0.1) is 5.41 Å². The number of anilines is 3. The average Bonchev–Trinajstić information content (AvgIpc) is 3.35. The number of alkyl halides is 2. The summed E-state index contributed by atoms with van der Waals surface area (Å²) in [6.07, 6.45) is 0.456. The van der Waals surface area contributed by atoms with Gasteiger partial charge in [-0.1, -0.05) is 0 Å². The Kier molecular flexibility index (Phi) is 5.60. The molecule has 0 aliphatic carbocycles. The average molecular weight is 568 g/mol. The molecule has 6 rings (SSSR count). The minimum atomic E-state index is -2.61. The molecule has 3 aliphatic heterocycles. The van der Waals surface area contributed by atoms with Crippen molar-refractivity contribution in [2.45, 2.75) is 25.3 Å². The molecule has 1 atom stereocenters. The highest BCUT2D eigenvalue weighted by molar-refractivity contribution is 9.10. The van der Waals surface area contributed by atoms with Gasteiger partial charge in [-0.3, -0.25) is 4.79 Å². The van der Waals surface area contributed by atoms with Crippen LogP contribution in [0.3, 0.4) is 0 Å². The van der Waals surface area contributed by atoms with Crippen molar-refractivity contribution in [3.63, 3.8) is 0 Å². The molecule has 6 heterocycles. The number of halogens is 3. The number of thiophene rings is 1. The molecular formula is C22H24BrF2N7O2S. The molecule has 0 saturated carbocycles. The lowest BCUT2D eigenvalue weighted by Crippen LogP contribution is -2.66. The van der Waals surface area contributed by atoms with Gasteiger partial charge in [-0.05, 0) is 40.9 Å². The minimum absolute atomic E-state index is 0.0816. The Morgan fingerprint density at radius 3 is 2.80 bits per heavy atom. The quantitative estimate of drug-likeness (QED) is 0.487. The number of nitrogens with one attached hydrogen (secondary N) is 1. The van der Waals surface area contributed by atoms with Gasteiger partial charge >= 0.3 is 0 Å². The van der Waals surface area contributed by atoms with Crippen LogP contribution in [0.25, 0.3) is 5.52 Å². The molecule has 1 spiro atoms. The van der Waals surface area contributed by atoms with Crippen LogP contribution in [-0.2, 0) is 4.74 Å². The number of amides is 1. The molecule has 35 heavy (non-hydrogen) atoms. The maximum absolute atomic E-state index is 13.5. The van der Waals surface area contributed by atoms with Crippen molar-refractivity contribution in [2.24, 2.45) is 5.41 Å². The van der Waals surface area contributed by atoms with Gasteiger partial charge in [0, 0.05) is 32.2 Å². The standard InChI is InChI=1S/C22H24BrF2N7O2S/c23-16-5-13(17-20(26)27-11-28-32(16)17)30-3-1-2-12(6-30)29-21(33)18-14(4-15(35-18)19(24)25)31-7-22(8-31)9-34-10-22/h4-5,11-12,19H,1-3,6-10H2,(H,29,33)(H2,26,27,28)/t12-/m1/s1. The SMILES string of the molecule is Nc1ncnn2c(Br)cc(N3CCC[C@@H](NC(=O)c4sc(C(F)F)cc4N4CC5(COC5)C4)C3)c12. The predicted molar refractivity (Wildman–Crippen MR) is 133 cm³/mol. The first kappa shape index (κ1) is 22.9. The molecule has 3 aromatic heterocycles. The number of nitrogens with two attached hydrogens (primary N) is 1. The topological polar surface area (TPSA) is 101 Å². The smallest absolute Gasteiger partial charge is 0.272 e. The van der Waals surface area contributed by atoms with Gasteiger partial charge in [-0.2, -0.15) is 5.10 Å². The van der Waals surface area contributed by atoms with Crippen molar-refractivity contribution >= 4 is 55.9 Å². The molecule has 3 saturated heterocycles. The van der Waals surface area contributed by atoms with Crippen molar-refractivity contribution in [3.05, 3.63) is 32.8 Å². The summed E-state index contributed by atoms with van der Waals surface area (Å²) in [5, 5.41) is 7.35. The largest absolute Gasteiger partial charge is 0.382 e. The number of rotatable bonds is 5. The number of ether oxygens (including phenoxy) is 1. The minimum Gasteiger partial charge on any atom is -0.382 e. The Balaban J connectivity index is 1.20. The molecule has 0 aromatic carbocycles. The maximum Gasteiger partial charge on any atom is 0.272 e. The zero-order chi connectivity index (χ0) is 24.3. The van der Waals surface area contributed by atoms with Gasteiger partial charge in [0.05, 0.1) is 34.9 Å². The zero-order valence-electron chi connectivity index (χ0n) is 18.7. The Morgan fingerprint density at radius 1 is 1.29 bits per heavy atom. The monoisotopic (exact) mass is 567 g/mol. The first-order valence-electron chi connectivity index (χ1n) is 11.4. The maximum atomic E-state index is 13.5. The normalized spacial score (nSPS) is 21.4. The summed E-state index contributed by atoms with van der Waals surface area (Å²) in [5.41, 5.74) is 8.44. The molecule has 9 nitrogen and oxygen atoms in total. The van der Waals surface area contributed by atoms with Gasteiger partial charge in [0.2, 0.25) is 0 Å². The number of aromatic nitrogens is 3. The number of hydrogen-bond acceptors (Lipinski definition) is 8. The van der Waals surface area contributed by atoms with Crippen LogP contribution < -0.4 is 20.9 Å². The van der Waals surface area contributed by atoms with E-state index in [1.807, 2.05) is 11.0 Å². The lowest BCUT2D eigenvalue weighted by Gasteiger charge is -2.56. The van der Waals surface area contributed by atoms with Crippen molar-refractivity contribution in [3.8, 4) is 0 Å². The Morgan fingerprint density at radius 2 is 2.09 bits per heavy atom. The van der Waals surface area contributed by atoms with Crippen molar-refractivity contribution < 1.29 is 18.3 Å². The number of carbonyl (C=O) groups excluding carboxylic acids is 1. The van der Waals surface area contributed by atoms with Crippen LogP contribution in [0.15, 0.2) is 23.1 Å². The van der Waals surface area contributed by atoms with Gasteiger partial charge in [-0.15, -0.1) is 11.3 Å². The Bertz CT molecular complexity index is 1290. The second-order valence-corrected chi connectivity index (χ2v) is 11.4. The summed E-state index contributed by atoms with van der Waals surface area (Å²) < 4.78 is 34.8. The van der Waals surface area contributed by atoms with Crippen LogP contribution in [0.4, 0.5) is 26.0 Å². The van der Waals surface area contributed by atoms with Crippen LogP contribution in [-0.4, -0.2) is 65.9 Å². The fourth-order valence-corrected chi connectivity index (χ4v) is 6.65. The molecule has 0 bridgehead atoms. The lowest BCUT2D eigenvalue weighted by molar-refractivity contribution is -0.127. The number of nitrogen functional groups attached to an aromatic ring is 1. The van der Waals surface area contributed by atoms with E-state index in [1.54, 1.807) is 4.52 Å². The number of fused-ring (bicyclic) bond motifs is 1. The van der Waals surface area contributed by atoms with E-state index in [0.717, 1.165) is 54.1 Å². The van der Waals surface area contributed by atoms with E-state index in [9.17, 15) is 13.6 Å². The molecule has 0 unspecified atom stereocenters. The first-order valence-corrected chi connectivity index (χ1v) is 13.0. The molecule has 186 valence electrons. The molecule has 3 aromatic rings. The molecule has 3 fully saturated rings. The summed E-state index contributed by atoms with van der Waals surface area (Å²) >= 11 is 4.40. The summed E-state index contributed by atoms with van der Waals surface area (Å²) in [4.78, 5) is 21.9. The number of carbonyl (C=O) groups is 1. The van der Waals surface area contributed by atoms with E-state index in [1.165, 1.54) is 12.4 Å². The van der Waals surface area contributed by atoms with E-state index in [-0.39, 0.29) is 22.2 Å².